The Labute approximate surface area is 97.3 Å². The Morgan fingerprint density at radius 2 is 1.62 bits per heavy atom. The van der Waals surface area contributed by atoms with Crippen molar-refractivity contribution in [2.24, 2.45) is 0 Å². The van der Waals surface area contributed by atoms with Gasteiger partial charge in [-0.3, -0.25) is 0 Å². The molecular formula is C14H22O2. The SMILES string of the molecule is CC.CC.Cc1cc2c(oc1=O)=CCCC=2. The van der Waals surface area contributed by atoms with Crippen LogP contribution in [0.4, 0.5) is 0 Å². The van der Waals surface area contributed by atoms with Crippen LogP contribution >= 0.6 is 0 Å². The molecular weight excluding hydrogens is 200 g/mol. The summed E-state index contributed by atoms with van der Waals surface area (Å²) in [5, 5.41) is 1.05. The van der Waals surface area contributed by atoms with E-state index in [1.807, 2.05) is 39.8 Å². The summed E-state index contributed by atoms with van der Waals surface area (Å²) < 4.78 is 5.09. The minimum Gasteiger partial charge on any atom is -0.423 e. The molecule has 2 nitrogen and oxygen atoms in total. The van der Waals surface area contributed by atoms with Gasteiger partial charge in [0.15, 0.2) is 0 Å². The first kappa shape index (κ1) is 14.7. The van der Waals surface area contributed by atoms with Crippen molar-refractivity contribution in [1.82, 2.24) is 0 Å². The van der Waals surface area contributed by atoms with Crippen LogP contribution in [-0.2, 0) is 0 Å². The van der Waals surface area contributed by atoms with Gasteiger partial charge in [0.25, 0.3) is 0 Å². The summed E-state index contributed by atoms with van der Waals surface area (Å²) in [6.45, 7) is 9.77. The van der Waals surface area contributed by atoms with E-state index in [9.17, 15) is 4.79 Å². The monoisotopic (exact) mass is 222 g/mol. The van der Waals surface area contributed by atoms with Gasteiger partial charge in [0.05, 0.1) is 0 Å². The third kappa shape index (κ3) is 3.69. The Bertz CT molecular complexity index is 466. The van der Waals surface area contributed by atoms with E-state index >= 15 is 0 Å². The number of fused-ring (bicyclic) bond motifs is 1. The van der Waals surface area contributed by atoms with E-state index in [0.717, 1.165) is 23.5 Å². The molecule has 0 atom stereocenters. The second kappa shape index (κ2) is 7.91. The van der Waals surface area contributed by atoms with Crippen molar-refractivity contribution in [2.75, 3.05) is 0 Å². The van der Waals surface area contributed by atoms with Crippen molar-refractivity contribution >= 4 is 12.2 Å². The number of aryl methyl sites for hydroxylation is 1. The normalized spacial score (nSPS) is 11.6. The lowest BCUT2D eigenvalue weighted by Crippen LogP contribution is -2.31. The average molecular weight is 222 g/mol. The van der Waals surface area contributed by atoms with Gasteiger partial charge in [0.2, 0.25) is 0 Å². The number of rotatable bonds is 0. The topological polar surface area (TPSA) is 30.2 Å². The summed E-state index contributed by atoms with van der Waals surface area (Å²) in [6, 6.07) is 1.89. The van der Waals surface area contributed by atoms with Crippen molar-refractivity contribution in [2.45, 2.75) is 47.5 Å². The zero-order valence-electron chi connectivity index (χ0n) is 11.0. The van der Waals surface area contributed by atoms with Crippen LogP contribution in [0.25, 0.3) is 12.2 Å². The first-order valence-electron chi connectivity index (χ1n) is 6.08. The molecule has 0 bridgehead atoms. The van der Waals surface area contributed by atoms with E-state index < -0.39 is 0 Å². The van der Waals surface area contributed by atoms with E-state index in [1.54, 1.807) is 6.92 Å². The Balaban J connectivity index is 0.000000509. The average Bonchev–Trinajstić information content (AvgIpc) is 2.36. The number of hydrogen-bond acceptors (Lipinski definition) is 2. The van der Waals surface area contributed by atoms with Crippen LogP contribution in [0.5, 0.6) is 0 Å². The van der Waals surface area contributed by atoms with Crippen molar-refractivity contribution in [3.63, 3.8) is 0 Å². The molecule has 0 unspecified atom stereocenters. The maximum Gasteiger partial charge on any atom is 0.339 e. The van der Waals surface area contributed by atoms with Crippen molar-refractivity contribution in [3.8, 4) is 0 Å². The minimum absolute atomic E-state index is 0.222. The Kier molecular flexibility index (Phi) is 7.27. The van der Waals surface area contributed by atoms with Gasteiger partial charge >= 0.3 is 5.63 Å². The summed E-state index contributed by atoms with van der Waals surface area (Å²) >= 11 is 0. The molecule has 1 aliphatic carbocycles. The maximum atomic E-state index is 11.1. The Hall–Kier alpha value is -1.31. The first-order valence-corrected chi connectivity index (χ1v) is 6.08. The van der Waals surface area contributed by atoms with Crippen LogP contribution in [0.3, 0.4) is 0 Å². The second-order valence-electron chi connectivity index (χ2n) is 3.02. The maximum absolute atomic E-state index is 11.1. The fourth-order valence-corrected chi connectivity index (χ4v) is 1.37. The summed E-state index contributed by atoms with van der Waals surface area (Å²) in [5.41, 5.74) is 1.19. The predicted molar refractivity (Wildman–Crippen MR) is 69.8 cm³/mol. The number of hydrogen-bond donors (Lipinski definition) is 0. The molecule has 90 valence electrons. The van der Waals surface area contributed by atoms with E-state index in [1.165, 1.54) is 0 Å². The molecule has 1 heterocycles. The van der Waals surface area contributed by atoms with Gasteiger partial charge in [-0.25, -0.2) is 4.79 Å². The molecule has 2 heteroatoms. The highest BCUT2D eigenvalue weighted by molar-refractivity contribution is 5.35. The molecule has 0 aliphatic heterocycles. The molecule has 16 heavy (non-hydrogen) atoms. The molecule has 0 radical (unpaired) electrons. The van der Waals surface area contributed by atoms with Gasteiger partial charge in [0, 0.05) is 10.8 Å². The van der Waals surface area contributed by atoms with Crippen molar-refractivity contribution in [1.29, 1.82) is 0 Å². The molecule has 2 rings (SSSR count). The van der Waals surface area contributed by atoms with Gasteiger partial charge < -0.3 is 4.42 Å². The van der Waals surface area contributed by atoms with Crippen LogP contribution in [-0.4, -0.2) is 0 Å². The summed E-state index contributed by atoms with van der Waals surface area (Å²) in [6.07, 6.45) is 6.08. The molecule has 1 aliphatic rings. The molecule has 1 aromatic rings. The van der Waals surface area contributed by atoms with Gasteiger partial charge in [-0.15, -0.1) is 0 Å². The summed E-state index contributed by atoms with van der Waals surface area (Å²) in [7, 11) is 0. The Morgan fingerprint density at radius 1 is 1.06 bits per heavy atom. The first-order chi connectivity index (χ1) is 7.77. The molecule has 0 fully saturated rings. The molecule has 0 saturated carbocycles. The minimum atomic E-state index is -0.222. The standard InChI is InChI=1S/C10H10O2.2C2H6/c1-7-6-8-4-2-3-5-9(8)12-10(7)11;2*1-2/h4-6H,2-3H2,1H3;2*1-2H3. The van der Waals surface area contributed by atoms with E-state index in [-0.39, 0.29) is 5.63 Å². The lowest BCUT2D eigenvalue weighted by atomic mass is 10.1. The van der Waals surface area contributed by atoms with E-state index in [0.29, 0.717) is 5.56 Å². The van der Waals surface area contributed by atoms with Crippen LogP contribution in [0.1, 0.15) is 46.1 Å². The van der Waals surface area contributed by atoms with Crippen LogP contribution in [0.15, 0.2) is 15.3 Å². The second-order valence-corrected chi connectivity index (χ2v) is 3.02. The zero-order chi connectivity index (χ0) is 12.6. The van der Waals surface area contributed by atoms with Gasteiger partial charge in [-0.2, -0.15) is 0 Å². The van der Waals surface area contributed by atoms with Crippen LogP contribution in [0, 0.1) is 6.92 Å². The fraction of sp³-hybridized carbons (Fsp3) is 0.500. The van der Waals surface area contributed by atoms with Gasteiger partial charge in [-0.1, -0.05) is 33.8 Å². The molecule has 0 aromatic carbocycles. The van der Waals surface area contributed by atoms with Gasteiger partial charge in [-0.05, 0) is 31.9 Å². The molecule has 0 amide bonds. The third-order valence-corrected chi connectivity index (χ3v) is 2.04. The van der Waals surface area contributed by atoms with Crippen LogP contribution in [0.2, 0.25) is 0 Å². The quantitative estimate of drug-likeness (QED) is 0.674. The molecule has 0 spiro atoms. The van der Waals surface area contributed by atoms with E-state index in [2.05, 4.69) is 6.08 Å². The predicted octanol–water partition coefficient (Wildman–Crippen LogP) is 2.36. The zero-order valence-corrected chi connectivity index (χ0v) is 11.0. The van der Waals surface area contributed by atoms with Gasteiger partial charge in [0.1, 0.15) is 5.42 Å². The highest BCUT2D eigenvalue weighted by atomic mass is 16.4. The highest BCUT2D eigenvalue weighted by Crippen LogP contribution is 1.94. The molecule has 0 N–H and O–H groups in total. The molecule has 1 aromatic heterocycles. The van der Waals surface area contributed by atoms with Crippen molar-refractivity contribution in [3.05, 3.63) is 32.7 Å². The van der Waals surface area contributed by atoms with Crippen LogP contribution < -0.4 is 16.3 Å². The fourth-order valence-electron chi connectivity index (χ4n) is 1.37. The molecule has 0 saturated heterocycles. The highest BCUT2D eigenvalue weighted by Gasteiger charge is 1.98. The summed E-state index contributed by atoms with van der Waals surface area (Å²) in [4.78, 5) is 11.1. The smallest absolute Gasteiger partial charge is 0.339 e. The lowest BCUT2D eigenvalue weighted by Gasteiger charge is -1.98. The third-order valence-electron chi connectivity index (χ3n) is 2.04. The Morgan fingerprint density at radius 3 is 2.25 bits per heavy atom. The largest absolute Gasteiger partial charge is 0.423 e. The lowest BCUT2D eigenvalue weighted by molar-refractivity contribution is 0.466. The summed E-state index contributed by atoms with van der Waals surface area (Å²) in [5.74, 6) is 0. The van der Waals surface area contributed by atoms with Crippen molar-refractivity contribution < 1.29 is 4.42 Å². The van der Waals surface area contributed by atoms with E-state index in [4.69, 9.17) is 4.42 Å².